The van der Waals surface area contributed by atoms with Gasteiger partial charge in [0.2, 0.25) is 10.0 Å². The summed E-state index contributed by atoms with van der Waals surface area (Å²) in [5.41, 5.74) is 5.49. The monoisotopic (exact) mass is 541 g/mol. The van der Waals surface area contributed by atoms with Gasteiger partial charge < -0.3 is 0 Å². The largest absolute Gasteiger partial charge is 0.272 e. The van der Waals surface area contributed by atoms with Crippen molar-refractivity contribution in [3.8, 4) is 0 Å². The fraction of sp³-hybridized carbons (Fsp3) is 0.231. The van der Waals surface area contributed by atoms with E-state index in [-0.39, 0.29) is 18.0 Å². The van der Waals surface area contributed by atoms with E-state index in [1.165, 1.54) is 22.0 Å². The summed E-state index contributed by atoms with van der Waals surface area (Å²) in [6.45, 7) is 4.06. The minimum Gasteiger partial charge on any atom is -0.272 e. The third kappa shape index (κ3) is 7.35. The van der Waals surface area contributed by atoms with Gasteiger partial charge in [0.05, 0.1) is 17.7 Å². The predicted octanol–water partition coefficient (Wildman–Crippen LogP) is 4.96. The molecule has 0 aliphatic rings. The highest BCUT2D eigenvalue weighted by Gasteiger charge is 2.26. The first kappa shape index (κ1) is 25.8. The number of sulfonamides is 1. The van der Waals surface area contributed by atoms with E-state index in [0.29, 0.717) is 12.3 Å². The number of nitrogens with one attached hydrogen (secondary N) is 1. The lowest BCUT2D eigenvalue weighted by Gasteiger charge is -2.21. The van der Waals surface area contributed by atoms with Crippen molar-refractivity contribution in [3.63, 3.8) is 0 Å². The molecule has 0 heterocycles. The average Bonchev–Trinajstić information content (AvgIpc) is 2.83. The van der Waals surface area contributed by atoms with Crippen molar-refractivity contribution in [2.75, 3.05) is 13.1 Å². The number of hydrogen-bond donors (Lipinski definition) is 1. The summed E-state index contributed by atoms with van der Waals surface area (Å²) in [5, 5.41) is 4.00. The maximum Gasteiger partial charge on any atom is 0.255 e. The number of amides is 1. The molecular formula is C26H28BrN3O3S. The molecule has 34 heavy (non-hydrogen) atoms. The first-order chi connectivity index (χ1) is 16.3. The number of hydrazone groups is 1. The van der Waals surface area contributed by atoms with Gasteiger partial charge >= 0.3 is 0 Å². The van der Waals surface area contributed by atoms with E-state index < -0.39 is 15.9 Å². The van der Waals surface area contributed by atoms with Crippen LogP contribution in [0.3, 0.4) is 0 Å². The van der Waals surface area contributed by atoms with Crippen LogP contribution in [-0.4, -0.2) is 37.9 Å². The second-order valence-corrected chi connectivity index (χ2v) is 11.0. The van der Waals surface area contributed by atoms with Gasteiger partial charge in [-0.25, -0.2) is 13.8 Å². The van der Waals surface area contributed by atoms with E-state index in [9.17, 15) is 13.2 Å². The lowest BCUT2D eigenvalue weighted by molar-refractivity contribution is -0.121. The number of nitrogens with zero attached hydrogens (tertiary/aromatic N) is 2. The summed E-state index contributed by atoms with van der Waals surface area (Å²) >= 11 is 3.32. The van der Waals surface area contributed by atoms with Crippen LogP contribution in [0.15, 0.2) is 93.3 Å². The number of carbonyl (C=O) groups excluding carboxylic acids is 1. The van der Waals surface area contributed by atoms with Gasteiger partial charge in [0.1, 0.15) is 0 Å². The van der Waals surface area contributed by atoms with E-state index in [0.717, 1.165) is 15.6 Å². The standard InChI is InChI=1S/C26H28BrN3O3S/c1-20(2)23-10-8-22(9-11-23)18-28-29-26(31)19-30(17-16-21-6-4-3-5-7-21)34(32,33)25-14-12-24(27)13-15-25/h3-15,18,20H,16-17,19H2,1-2H3,(H,29,31)/b28-18-. The molecule has 1 N–H and O–H groups in total. The van der Waals surface area contributed by atoms with E-state index >= 15 is 0 Å². The van der Waals surface area contributed by atoms with E-state index in [1.54, 1.807) is 18.3 Å². The van der Waals surface area contributed by atoms with Crippen LogP contribution in [0.1, 0.15) is 36.5 Å². The van der Waals surface area contributed by atoms with Crippen LogP contribution < -0.4 is 5.43 Å². The van der Waals surface area contributed by atoms with Crippen molar-refractivity contribution < 1.29 is 13.2 Å². The van der Waals surface area contributed by atoms with Gasteiger partial charge in [0.25, 0.3) is 5.91 Å². The van der Waals surface area contributed by atoms with E-state index in [1.807, 2.05) is 54.6 Å². The normalized spacial score (nSPS) is 11.9. The molecule has 0 saturated carbocycles. The molecule has 1 amide bonds. The van der Waals surface area contributed by atoms with Crippen LogP contribution in [0, 0.1) is 0 Å². The molecular weight excluding hydrogens is 514 g/mol. The third-order valence-electron chi connectivity index (χ3n) is 5.27. The second kappa shape index (κ2) is 12.1. The highest BCUT2D eigenvalue weighted by atomic mass is 79.9. The van der Waals surface area contributed by atoms with Crippen LogP contribution in [0.25, 0.3) is 0 Å². The molecule has 0 aliphatic carbocycles. The molecule has 3 aromatic rings. The van der Waals surface area contributed by atoms with Crippen molar-refractivity contribution in [2.24, 2.45) is 5.10 Å². The number of carbonyl (C=O) groups is 1. The van der Waals surface area contributed by atoms with Gasteiger partial charge in [-0.2, -0.15) is 9.41 Å². The third-order valence-corrected chi connectivity index (χ3v) is 7.66. The Labute approximate surface area is 209 Å². The molecule has 0 spiro atoms. The zero-order valence-electron chi connectivity index (χ0n) is 19.2. The molecule has 0 aromatic heterocycles. The van der Waals surface area contributed by atoms with Crippen molar-refractivity contribution in [1.29, 1.82) is 0 Å². The first-order valence-electron chi connectivity index (χ1n) is 11.0. The highest BCUT2D eigenvalue weighted by molar-refractivity contribution is 9.10. The molecule has 0 saturated heterocycles. The molecule has 178 valence electrons. The fourth-order valence-corrected chi connectivity index (χ4v) is 4.94. The summed E-state index contributed by atoms with van der Waals surface area (Å²) in [4.78, 5) is 12.7. The van der Waals surface area contributed by atoms with Crippen LogP contribution in [0.2, 0.25) is 0 Å². The zero-order chi connectivity index (χ0) is 24.6. The van der Waals surface area contributed by atoms with Gasteiger partial charge in [-0.15, -0.1) is 0 Å². The molecule has 0 fully saturated rings. The SMILES string of the molecule is CC(C)c1ccc(/C=N\NC(=O)CN(CCc2ccccc2)S(=O)(=O)c2ccc(Br)cc2)cc1. The Morgan fingerprint density at radius 2 is 1.65 bits per heavy atom. The Hall–Kier alpha value is -2.81. The Bertz CT molecular complexity index is 1210. The summed E-state index contributed by atoms with van der Waals surface area (Å²) in [5.74, 6) is -0.0796. The minimum absolute atomic E-state index is 0.130. The van der Waals surface area contributed by atoms with Crippen LogP contribution in [0.4, 0.5) is 0 Å². The van der Waals surface area contributed by atoms with Gasteiger partial charge in [0, 0.05) is 11.0 Å². The predicted molar refractivity (Wildman–Crippen MR) is 139 cm³/mol. The Morgan fingerprint density at radius 3 is 2.26 bits per heavy atom. The molecule has 6 nitrogen and oxygen atoms in total. The van der Waals surface area contributed by atoms with E-state index in [2.05, 4.69) is 40.3 Å². The van der Waals surface area contributed by atoms with Gasteiger partial charge in [0.15, 0.2) is 0 Å². The quantitative estimate of drug-likeness (QED) is 0.291. The van der Waals surface area contributed by atoms with Crippen LogP contribution >= 0.6 is 15.9 Å². The number of rotatable bonds is 10. The molecule has 3 rings (SSSR count). The summed E-state index contributed by atoms with van der Waals surface area (Å²) in [6, 6.07) is 23.8. The smallest absolute Gasteiger partial charge is 0.255 e. The van der Waals surface area contributed by atoms with Crippen molar-refractivity contribution >= 4 is 38.1 Å². The van der Waals surface area contributed by atoms with Crippen molar-refractivity contribution in [1.82, 2.24) is 9.73 Å². The van der Waals surface area contributed by atoms with E-state index in [4.69, 9.17) is 0 Å². The number of halogens is 1. The van der Waals surface area contributed by atoms with Crippen molar-refractivity contribution in [2.45, 2.75) is 31.1 Å². The second-order valence-electron chi connectivity index (χ2n) is 8.14. The topological polar surface area (TPSA) is 78.8 Å². The van der Waals surface area contributed by atoms with Crippen molar-refractivity contribution in [3.05, 3.63) is 100 Å². The number of hydrogen-bond acceptors (Lipinski definition) is 4. The van der Waals surface area contributed by atoms with Gasteiger partial charge in [-0.1, -0.05) is 84.4 Å². The Morgan fingerprint density at radius 1 is 1.00 bits per heavy atom. The summed E-state index contributed by atoms with van der Waals surface area (Å²) in [7, 11) is -3.87. The minimum atomic E-state index is -3.87. The molecule has 0 bridgehead atoms. The summed E-state index contributed by atoms with van der Waals surface area (Å²) < 4.78 is 28.5. The van der Waals surface area contributed by atoms with Gasteiger partial charge in [-0.05, 0) is 53.3 Å². The Kier molecular flexibility index (Phi) is 9.15. The maximum absolute atomic E-state index is 13.3. The van der Waals surface area contributed by atoms with Crippen LogP contribution in [-0.2, 0) is 21.2 Å². The number of benzene rings is 3. The van der Waals surface area contributed by atoms with Crippen LogP contribution in [0.5, 0.6) is 0 Å². The molecule has 0 radical (unpaired) electrons. The maximum atomic E-state index is 13.3. The summed E-state index contributed by atoms with van der Waals surface area (Å²) in [6.07, 6.45) is 2.02. The highest BCUT2D eigenvalue weighted by Crippen LogP contribution is 2.19. The first-order valence-corrected chi connectivity index (χ1v) is 13.2. The molecule has 0 unspecified atom stereocenters. The molecule has 3 aromatic carbocycles. The molecule has 0 atom stereocenters. The zero-order valence-corrected chi connectivity index (χ0v) is 21.6. The molecule has 0 aliphatic heterocycles. The lowest BCUT2D eigenvalue weighted by Crippen LogP contribution is -2.40. The Balaban J connectivity index is 1.70. The lowest BCUT2D eigenvalue weighted by atomic mass is 10.0. The molecule has 8 heteroatoms. The van der Waals surface area contributed by atoms with Gasteiger partial charge in [-0.3, -0.25) is 4.79 Å². The average molecular weight is 542 g/mol. The fourth-order valence-electron chi connectivity index (χ4n) is 3.28.